The van der Waals surface area contributed by atoms with Crippen LogP contribution in [-0.4, -0.2) is 71.8 Å². The summed E-state index contributed by atoms with van der Waals surface area (Å²) < 4.78 is 48.1. The van der Waals surface area contributed by atoms with E-state index < -0.39 is 23.1 Å². The molecule has 2 fully saturated rings. The quantitative estimate of drug-likeness (QED) is 0.306. The van der Waals surface area contributed by atoms with Gasteiger partial charge in [-0.05, 0) is 80.3 Å². The highest BCUT2D eigenvalue weighted by Crippen LogP contribution is 2.59. The molecule has 3 unspecified atom stereocenters. The number of hydrogen-bond acceptors (Lipinski definition) is 8. The van der Waals surface area contributed by atoms with Crippen LogP contribution in [0.25, 0.3) is 11.4 Å². The predicted octanol–water partition coefficient (Wildman–Crippen LogP) is 4.61. The van der Waals surface area contributed by atoms with Crippen LogP contribution in [-0.2, 0) is 34.1 Å². The number of ether oxygens (including phenoxy) is 1. The highest BCUT2D eigenvalue weighted by Gasteiger charge is 2.62. The second-order valence-electron chi connectivity index (χ2n) is 13.2. The molecule has 3 atom stereocenters. The van der Waals surface area contributed by atoms with Crippen LogP contribution in [0, 0.1) is 5.92 Å². The minimum absolute atomic E-state index is 0.0124. The molecule has 50 heavy (non-hydrogen) atoms. The van der Waals surface area contributed by atoms with Crippen molar-refractivity contribution < 1.29 is 32.6 Å². The van der Waals surface area contributed by atoms with Crippen LogP contribution in [0.15, 0.2) is 47.4 Å². The zero-order valence-corrected chi connectivity index (χ0v) is 27.3. The number of amides is 2. The van der Waals surface area contributed by atoms with Gasteiger partial charge in [0.1, 0.15) is 12.3 Å². The number of piperidine rings is 1. The highest BCUT2D eigenvalue weighted by atomic mass is 35.5. The number of hydrogen-bond donors (Lipinski definition) is 2. The van der Waals surface area contributed by atoms with Gasteiger partial charge in [0, 0.05) is 35.5 Å². The number of pyridine rings is 1. The summed E-state index contributed by atoms with van der Waals surface area (Å²) in [4.78, 5) is 52.2. The van der Waals surface area contributed by atoms with Crippen molar-refractivity contribution in [3.63, 3.8) is 0 Å². The lowest BCUT2D eigenvalue weighted by molar-refractivity contribution is -0.137. The van der Waals surface area contributed by atoms with Crippen molar-refractivity contribution in [3.05, 3.63) is 86.3 Å². The maximum atomic E-state index is 14.5. The number of carbonyl (C=O) groups excluding carboxylic acids is 2. The second-order valence-corrected chi connectivity index (χ2v) is 13.6. The lowest BCUT2D eigenvalue weighted by Crippen LogP contribution is -2.51. The van der Waals surface area contributed by atoms with Crippen LogP contribution in [0.5, 0.6) is 5.75 Å². The summed E-state index contributed by atoms with van der Waals surface area (Å²) in [6, 6.07) is 5.52. The molecule has 2 aliphatic heterocycles. The Bertz CT molecular complexity index is 2160. The second kappa shape index (κ2) is 11.9. The first kappa shape index (κ1) is 32.4. The number of likely N-dealkylation sites (tertiary alicyclic amines) is 1. The monoisotopic (exact) mass is 709 g/mol. The van der Waals surface area contributed by atoms with Crippen LogP contribution in [0.1, 0.15) is 65.2 Å². The first-order chi connectivity index (χ1) is 24.0. The van der Waals surface area contributed by atoms with Gasteiger partial charge in [0.15, 0.2) is 11.5 Å². The van der Waals surface area contributed by atoms with E-state index in [1.807, 2.05) is 6.08 Å². The van der Waals surface area contributed by atoms with Crippen molar-refractivity contribution in [1.29, 1.82) is 0 Å². The van der Waals surface area contributed by atoms with Crippen molar-refractivity contribution in [2.75, 3.05) is 25.1 Å². The van der Waals surface area contributed by atoms with Crippen LogP contribution in [0.2, 0.25) is 5.02 Å². The van der Waals surface area contributed by atoms with Gasteiger partial charge in [0.05, 0.1) is 29.5 Å². The number of halogens is 4. The standard InChI is InChI=1S/C34H31ClF3N7O5/c35-21-15-19(34(36,37)38)5-6-22(21)40-26(47)17-44-23-3-1-9-33(10-12-43(24-16-20(24)33)31(49)28-25(46)4-2-11-39-28)27(23)30(48)45-32(44)41-29(42-45)18-7-13-50-14-8-18/h2,4-7,11,15,20,24,46H,1,3,8-10,12-14,16-17H2,(H,40,47). The number of aromatic hydroxyl groups is 1. The molecule has 4 aromatic rings. The molecule has 3 aromatic heterocycles. The Morgan fingerprint density at radius 1 is 1.18 bits per heavy atom. The average molecular weight is 710 g/mol. The molecule has 12 nitrogen and oxygen atoms in total. The molecule has 0 radical (unpaired) electrons. The molecule has 8 rings (SSSR count). The van der Waals surface area contributed by atoms with Gasteiger partial charge in [-0.2, -0.15) is 22.7 Å². The van der Waals surface area contributed by atoms with Crippen molar-refractivity contribution in [3.8, 4) is 5.75 Å². The van der Waals surface area contributed by atoms with Gasteiger partial charge < -0.3 is 24.6 Å². The molecule has 5 heterocycles. The molecule has 260 valence electrons. The van der Waals surface area contributed by atoms with Crippen molar-refractivity contribution in [1.82, 2.24) is 29.0 Å². The Hall–Kier alpha value is -4.76. The Labute approximate surface area is 287 Å². The van der Waals surface area contributed by atoms with Crippen LogP contribution in [0.4, 0.5) is 18.9 Å². The number of nitrogens with one attached hydrogen (secondary N) is 1. The fraction of sp³-hybridized carbons (Fsp3) is 0.412. The number of aromatic nitrogens is 5. The Morgan fingerprint density at radius 2 is 2.02 bits per heavy atom. The fourth-order valence-electron chi connectivity index (χ4n) is 8.08. The minimum Gasteiger partial charge on any atom is -0.505 e. The third-order valence-electron chi connectivity index (χ3n) is 10.4. The molecular weight excluding hydrogens is 679 g/mol. The molecule has 1 spiro atoms. The van der Waals surface area contributed by atoms with E-state index in [1.165, 1.54) is 16.8 Å². The Balaban J connectivity index is 1.18. The summed E-state index contributed by atoms with van der Waals surface area (Å²) in [6.07, 6.45) is 2.31. The van der Waals surface area contributed by atoms with Gasteiger partial charge in [-0.15, -0.1) is 5.10 Å². The number of anilines is 1. The molecule has 2 aliphatic carbocycles. The molecule has 2 amide bonds. The van der Waals surface area contributed by atoms with E-state index in [-0.39, 0.29) is 57.9 Å². The fourth-order valence-corrected chi connectivity index (χ4v) is 8.30. The number of rotatable bonds is 5. The summed E-state index contributed by atoms with van der Waals surface area (Å²) in [5.41, 5.74) is 0.152. The Morgan fingerprint density at radius 3 is 2.76 bits per heavy atom. The first-order valence-corrected chi connectivity index (χ1v) is 16.8. The van der Waals surface area contributed by atoms with Crippen molar-refractivity contribution >= 4 is 40.5 Å². The van der Waals surface area contributed by atoms with Crippen LogP contribution < -0.4 is 10.9 Å². The van der Waals surface area contributed by atoms with Gasteiger partial charge in [-0.3, -0.25) is 14.4 Å². The topological polar surface area (TPSA) is 144 Å². The third kappa shape index (κ3) is 5.34. The lowest BCUT2D eigenvalue weighted by Gasteiger charge is -2.44. The summed E-state index contributed by atoms with van der Waals surface area (Å²) in [6.45, 7) is 0.877. The zero-order valence-electron chi connectivity index (χ0n) is 26.5. The van der Waals surface area contributed by atoms with Gasteiger partial charge in [0.2, 0.25) is 11.7 Å². The summed E-state index contributed by atoms with van der Waals surface area (Å²) in [5, 5.41) is 17.3. The summed E-state index contributed by atoms with van der Waals surface area (Å²) in [7, 11) is 0. The number of nitrogens with zero attached hydrogens (tertiary/aromatic N) is 6. The smallest absolute Gasteiger partial charge is 0.416 e. The zero-order chi connectivity index (χ0) is 34.9. The Kier molecular flexibility index (Phi) is 7.75. The maximum absolute atomic E-state index is 14.5. The van der Waals surface area contributed by atoms with Gasteiger partial charge in [-0.1, -0.05) is 17.7 Å². The average Bonchev–Trinajstić information content (AvgIpc) is 3.79. The van der Waals surface area contributed by atoms with E-state index >= 15 is 0 Å². The van der Waals surface area contributed by atoms with Gasteiger partial charge in [-0.25, -0.2) is 4.98 Å². The molecule has 1 aromatic carbocycles. The lowest BCUT2D eigenvalue weighted by atomic mass is 9.65. The van der Waals surface area contributed by atoms with E-state index in [4.69, 9.17) is 21.3 Å². The largest absolute Gasteiger partial charge is 0.505 e. The van der Waals surface area contributed by atoms with Gasteiger partial charge in [0.25, 0.3) is 11.5 Å². The number of fused-ring (bicyclic) bond motifs is 5. The van der Waals surface area contributed by atoms with E-state index in [9.17, 15) is 32.7 Å². The number of alkyl halides is 3. The molecule has 0 bridgehead atoms. The first-order valence-electron chi connectivity index (χ1n) is 16.4. The molecule has 2 N–H and O–H groups in total. The molecule has 1 saturated heterocycles. The van der Waals surface area contributed by atoms with E-state index in [0.717, 1.165) is 30.2 Å². The number of carbonyl (C=O) groups is 2. The third-order valence-corrected chi connectivity index (χ3v) is 10.7. The maximum Gasteiger partial charge on any atom is 0.416 e. The number of benzene rings is 1. The minimum atomic E-state index is -4.60. The van der Waals surface area contributed by atoms with E-state index in [0.29, 0.717) is 68.9 Å². The van der Waals surface area contributed by atoms with Crippen molar-refractivity contribution in [2.24, 2.45) is 5.92 Å². The van der Waals surface area contributed by atoms with E-state index in [2.05, 4.69) is 15.4 Å². The highest BCUT2D eigenvalue weighted by molar-refractivity contribution is 6.33. The van der Waals surface area contributed by atoms with Crippen molar-refractivity contribution in [2.45, 2.75) is 62.7 Å². The molecule has 4 aliphatic rings. The SMILES string of the molecule is O=C(Cn1c2c(c(=O)n3nc(C4=CCOCC4)nc13)C1(CCC2)CCN(C(=O)c2ncccc2O)C2CC21)Nc1ccc(C(F)(F)F)cc1Cl. The van der Waals surface area contributed by atoms with Crippen LogP contribution >= 0.6 is 11.6 Å². The molecule has 16 heteroatoms. The summed E-state index contributed by atoms with van der Waals surface area (Å²) >= 11 is 6.15. The molecule has 1 saturated carbocycles. The van der Waals surface area contributed by atoms with Gasteiger partial charge >= 0.3 is 6.18 Å². The summed E-state index contributed by atoms with van der Waals surface area (Å²) in [5.74, 6) is -0.646. The normalized spacial score (nSPS) is 23.0. The predicted molar refractivity (Wildman–Crippen MR) is 174 cm³/mol. The molecular formula is C34H31ClF3N7O5. The van der Waals surface area contributed by atoms with Crippen LogP contribution in [0.3, 0.4) is 0 Å². The van der Waals surface area contributed by atoms with E-state index in [1.54, 1.807) is 15.5 Å².